The Labute approximate surface area is 162 Å². The van der Waals surface area contributed by atoms with Crippen LogP contribution in [-0.2, 0) is 0 Å². The first-order chi connectivity index (χ1) is 13.7. The zero-order valence-electron chi connectivity index (χ0n) is 15.6. The van der Waals surface area contributed by atoms with E-state index in [1.807, 2.05) is 19.1 Å². The summed E-state index contributed by atoms with van der Waals surface area (Å²) in [5.41, 5.74) is 1.50. The normalized spacial score (nSPS) is 10.2. The molecule has 0 aliphatic carbocycles. The molecule has 1 amide bonds. The molecule has 28 heavy (non-hydrogen) atoms. The van der Waals surface area contributed by atoms with Gasteiger partial charge in [0.05, 0.1) is 7.11 Å². The quantitative estimate of drug-likeness (QED) is 0.510. The Morgan fingerprint density at radius 2 is 1.82 bits per heavy atom. The fraction of sp³-hybridized carbons (Fsp3) is 0.211. The standard InChI is InChI=1S/C19H21N7O2/c1-13-5-7-20-16(10-13)26-17-11-15(24-12-25-17)21-8-9-22-18(27)14-4-3-6-23-19(14)28-2/h3-7,10-12H,8-9H2,1-2H3,(H,22,27)(H2,20,21,24,25,26). The second-order valence-electron chi connectivity index (χ2n) is 5.87. The fourth-order valence-electron chi connectivity index (χ4n) is 2.45. The molecule has 3 rings (SSSR count). The first-order valence-electron chi connectivity index (χ1n) is 8.68. The number of carbonyl (C=O) groups excluding carboxylic acids is 1. The van der Waals surface area contributed by atoms with Gasteiger partial charge in [0.25, 0.3) is 5.91 Å². The van der Waals surface area contributed by atoms with Crippen molar-refractivity contribution in [2.75, 3.05) is 30.8 Å². The molecule has 0 aliphatic heterocycles. The van der Waals surface area contributed by atoms with E-state index in [1.165, 1.54) is 13.4 Å². The lowest BCUT2D eigenvalue weighted by molar-refractivity contribution is 0.0951. The maximum atomic E-state index is 12.2. The summed E-state index contributed by atoms with van der Waals surface area (Å²) in [5, 5.41) is 9.09. The van der Waals surface area contributed by atoms with Gasteiger partial charge in [-0.1, -0.05) is 0 Å². The highest BCUT2D eigenvalue weighted by Crippen LogP contribution is 2.15. The summed E-state index contributed by atoms with van der Waals surface area (Å²) in [4.78, 5) is 28.8. The van der Waals surface area contributed by atoms with Gasteiger partial charge in [-0.15, -0.1) is 0 Å². The number of carbonyl (C=O) groups is 1. The van der Waals surface area contributed by atoms with Gasteiger partial charge >= 0.3 is 0 Å². The van der Waals surface area contributed by atoms with Crippen molar-refractivity contribution < 1.29 is 9.53 Å². The van der Waals surface area contributed by atoms with Crippen molar-refractivity contribution in [1.82, 2.24) is 25.3 Å². The minimum absolute atomic E-state index is 0.248. The summed E-state index contributed by atoms with van der Waals surface area (Å²) in [5.74, 6) is 2.02. The Morgan fingerprint density at radius 3 is 2.64 bits per heavy atom. The molecule has 0 bridgehead atoms. The number of amides is 1. The van der Waals surface area contributed by atoms with Crippen molar-refractivity contribution in [3.8, 4) is 5.88 Å². The van der Waals surface area contributed by atoms with Crippen LogP contribution in [0.5, 0.6) is 5.88 Å². The molecule has 0 atom stereocenters. The van der Waals surface area contributed by atoms with Gasteiger partial charge in [0.1, 0.15) is 29.3 Å². The third kappa shape index (κ3) is 5.13. The highest BCUT2D eigenvalue weighted by Gasteiger charge is 2.11. The second-order valence-corrected chi connectivity index (χ2v) is 5.87. The molecule has 3 heterocycles. The van der Waals surface area contributed by atoms with Gasteiger partial charge in [0.2, 0.25) is 5.88 Å². The van der Waals surface area contributed by atoms with E-state index in [2.05, 4.69) is 35.9 Å². The number of aryl methyl sites for hydroxylation is 1. The average Bonchev–Trinajstić information content (AvgIpc) is 2.71. The van der Waals surface area contributed by atoms with Gasteiger partial charge in [0.15, 0.2) is 0 Å². The summed E-state index contributed by atoms with van der Waals surface area (Å²) in [6.07, 6.45) is 4.77. The molecule has 144 valence electrons. The van der Waals surface area contributed by atoms with Gasteiger partial charge in [-0.2, -0.15) is 0 Å². The van der Waals surface area contributed by atoms with Crippen molar-refractivity contribution in [1.29, 1.82) is 0 Å². The van der Waals surface area contributed by atoms with Crippen LogP contribution in [0.3, 0.4) is 0 Å². The van der Waals surface area contributed by atoms with E-state index in [-0.39, 0.29) is 5.91 Å². The number of hydrogen-bond donors (Lipinski definition) is 3. The third-order valence-electron chi connectivity index (χ3n) is 3.76. The Kier molecular flexibility index (Phi) is 6.29. The number of ether oxygens (including phenoxy) is 1. The molecule has 0 saturated heterocycles. The Morgan fingerprint density at radius 1 is 1.00 bits per heavy atom. The van der Waals surface area contributed by atoms with Crippen molar-refractivity contribution >= 4 is 23.4 Å². The van der Waals surface area contributed by atoms with E-state index < -0.39 is 0 Å². The lowest BCUT2D eigenvalue weighted by Gasteiger charge is -2.10. The van der Waals surface area contributed by atoms with Crippen LogP contribution < -0.4 is 20.7 Å². The van der Waals surface area contributed by atoms with Crippen molar-refractivity contribution in [2.24, 2.45) is 0 Å². The SMILES string of the molecule is COc1ncccc1C(=O)NCCNc1cc(Nc2cc(C)ccn2)ncn1. The predicted molar refractivity (Wildman–Crippen MR) is 106 cm³/mol. The lowest BCUT2D eigenvalue weighted by Crippen LogP contribution is -2.29. The molecular weight excluding hydrogens is 358 g/mol. The summed E-state index contributed by atoms with van der Waals surface area (Å²) in [7, 11) is 1.48. The lowest BCUT2D eigenvalue weighted by atomic mass is 10.2. The monoisotopic (exact) mass is 379 g/mol. The van der Waals surface area contributed by atoms with Gasteiger partial charge in [-0.25, -0.2) is 19.9 Å². The Balaban J connectivity index is 1.50. The first-order valence-corrected chi connectivity index (χ1v) is 8.68. The molecular formula is C19H21N7O2. The van der Waals surface area contributed by atoms with Crippen molar-refractivity contribution in [3.05, 3.63) is 60.2 Å². The van der Waals surface area contributed by atoms with E-state index in [1.54, 1.807) is 30.6 Å². The Hall–Kier alpha value is -3.75. The number of methoxy groups -OCH3 is 1. The molecule has 0 saturated carbocycles. The van der Waals surface area contributed by atoms with E-state index in [9.17, 15) is 4.79 Å². The van der Waals surface area contributed by atoms with Gasteiger partial charge in [-0.3, -0.25) is 4.79 Å². The molecule has 9 heteroatoms. The predicted octanol–water partition coefficient (Wildman–Crippen LogP) is 2.17. The third-order valence-corrected chi connectivity index (χ3v) is 3.76. The van der Waals surface area contributed by atoms with Crippen LogP contribution in [0, 0.1) is 6.92 Å². The number of aromatic nitrogens is 4. The highest BCUT2D eigenvalue weighted by atomic mass is 16.5. The number of pyridine rings is 2. The van der Waals surface area contributed by atoms with Gasteiger partial charge in [-0.05, 0) is 36.8 Å². The smallest absolute Gasteiger partial charge is 0.256 e. The number of anilines is 3. The largest absolute Gasteiger partial charge is 0.480 e. The highest BCUT2D eigenvalue weighted by molar-refractivity contribution is 5.96. The summed E-state index contributed by atoms with van der Waals surface area (Å²) in [6.45, 7) is 2.89. The van der Waals surface area contributed by atoms with Crippen LogP contribution in [0.25, 0.3) is 0 Å². The van der Waals surface area contributed by atoms with Crippen molar-refractivity contribution in [2.45, 2.75) is 6.92 Å². The van der Waals surface area contributed by atoms with Crippen LogP contribution in [0.15, 0.2) is 49.1 Å². The first kappa shape index (κ1) is 19.0. The number of hydrogen-bond acceptors (Lipinski definition) is 8. The van der Waals surface area contributed by atoms with E-state index in [0.29, 0.717) is 42.0 Å². The molecule has 3 aromatic rings. The van der Waals surface area contributed by atoms with E-state index in [4.69, 9.17) is 4.74 Å². The summed E-state index contributed by atoms with van der Waals surface area (Å²) >= 11 is 0. The molecule has 0 unspecified atom stereocenters. The van der Waals surface area contributed by atoms with Crippen LogP contribution in [-0.4, -0.2) is 46.0 Å². The number of rotatable bonds is 8. The van der Waals surface area contributed by atoms with E-state index in [0.717, 1.165) is 5.56 Å². The molecule has 0 aromatic carbocycles. The maximum absolute atomic E-state index is 12.2. The second kappa shape index (κ2) is 9.26. The summed E-state index contributed by atoms with van der Waals surface area (Å²) in [6, 6.07) is 8.98. The van der Waals surface area contributed by atoms with Crippen LogP contribution >= 0.6 is 0 Å². The van der Waals surface area contributed by atoms with Gasteiger partial charge in [0, 0.05) is 31.5 Å². The van der Waals surface area contributed by atoms with E-state index >= 15 is 0 Å². The molecule has 0 aliphatic rings. The molecule has 0 fully saturated rings. The van der Waals surface area contributed by atoms with Crippen LogP contribution in [0.2, 0.25) is 0 Å². The number of nitrogens with zero attached hydrogens (tertiary/aromatic N) is 4. The topological polar surface area (TPSA) is 114 Å². The van der Waals surface area contributed by atoms with Crippen molar-refractivity contribution in [3.63, 3.8) is 0 Å². The molecule has 9 nitrogen and oxygen atoms in total. The zero-order valence-corrected chi connectivity index (χ0v) is 15.6. The van der Waals surface area contributed by atoms with Gasteiger partial charge < -0.3 is 20.7 Å². The molecule has 3 aromatic heterocycles. The fourth-order valence-corrected chi connectivity index (χ4v) is 2.45. The average molecular weight is 379 g/mol. The Bertz CT molecular complexity index is 949. The molecule has 0 radical (unpaired) electrons. The van der Waals surface area contributed by atoms with Crippen LogP contribution in [0.4, 0.5) is 17.5 Å². The number of nitrogens with one attached hydrogen (secondary N) is 3. The molecule has 0 spiro atoms. The minimum atomic E-state index is -0.248. The maximum Gasteiger partial charge on any atom is 0.256 e. The molecule has 3 N–H and O–H groups in total. The summed E-state index contributed by atoms with van der Waals surface area (Å²) < 4.78 is 5.09. The minimum Gasteiger partial charge on any atom is -0.480 e. The zero-order chi connectivity index (χ0) is 19.8. The van der Waals surface area contributed by atoms with Crippen LogP contribution in [0.1, 0.15) is 15.9 Å².